The molecule has 0 aliphatic heterocycles. The molecule has 15 heavy (non-hydrogen) atoms. The summed E-state index contributed by atoms with van der Waals surface area (Å²) in [7, 11) is 0. The highest BCUT2D eigenvalue weighted by molar-refractivity contribution is 8.01. The lowest BCUT2D eigenvalue weighted by Crippen LogP contribution is -2.31. The molecule has 3 nitrogen and oxygen atoms in total. The average molecular weight is 224 g/mol. The van der Waals surface area contributed by atoms with Crippen LogP contribution in [-0.2, 0) is 9.59 Å². The molecule has 2 rings (SSSR count). The van der Waals surface area contributed by atoms with Crippen LogP contribution < -0.4 is 0 Å². The summed E-state index contributed by atoms with van der Waals surface area (Å²) >= 11 is 1.32. The summed E-state index contributed by atoms with van der Waals surface area (Å²) in [6.45, 7) is 1.83. The molecule has 0 atom stereocenters. The van der Waals surface area contributed by atoms with Gasteiger partial charge in [-0.1, -0.05) is 0 Å². The predicted molar refractivity (Wildman–Crippen MR) is 57.0 cm³/mol. The molecule has 0 saturated heterocycles. The summed E-state index contributed by atoms with van der Waals surface area (Å²) < 4.78 is 5.13. The van der Waals surface area contributed by atoms with Crippen LogP contribution in [0.4, 0.5) is 0 Å². The molecule has 1 fully saturated rings. The molecule has 1 saturated carbocycles. The fourth-order valence-corrected chi connectivity index (χ4v) is 2.73. The quantitative estimate of drug-likeness (QED) is 0.723. The number of aryl methyl sites for hydroxylation is 1. The van der Waals surface area contributed by atoms with Crippen molar-refractivity contribution in [1.29, 1.82) is 0 Å². The van der Waals surface area contributed by atoms with E-state index in [9.17, 15) is 9.59 Å². The Balaban J connectivity index is 2.13. The van der Waals surface area contributed by atoms with Crippen LogP contribution in [0.1, 0.15) is 25.0 Å². The largest absolute Gasteiger partial charge is 0.468 e. The summed E-state index contributed by atoms with van der Waals surface area (Å²) in [5.41, 5.74) is 0. The molecule has 0 bridgehead atoms. The van der Waals surface area contributed by atoms with E-state index in [2.05, 4.69) is 0 Å². The molecule has 0 spiro atoms. The number of Topliss-reactive ketones (excluding diaryl/α,β-unsaturated/α-hetero) is 2. The lowest BCUT2D eigenvalue weighted by molar-refractivity contribution is -0.128. The van der Waals surface area contributed by atoms with E-state index in [1.807, 2.05) is 6.92 Å². The monoisotopic (exact) mass is 224 g/mol. The van der Waals surface area contributed by atoms with Crippen molar-refractivity contribution in [3.63, 3.8) is 0 Å². The van der Waals surface area contributed by atoms with E-state index < -0.39 is 5.25 Å². The standard InChI is InChI=1S/C11H12O3S/c1-7-10(5-6-14-7)15-11-8(12)3-2-4-9(11)13/h5-6,11H,2-4H2,1H3. The minimum atomic E-state index is -0.505. The first-order chi connectivity index (χ1) is 7.18. The maximum atomic E-state index is 11.6. The Labute approximate surface area is 92.2 Å². The van der Waals surface area contributed by atoms with Crippen molar-refractivity contribution in [2.24, 2.45) is 0 Å². The highest BCUT2D eigenvalue weighted by Crippen LogP contribution is 2.32. The van der Waals surface area contributed by atoms with Crippen molar-refractivity contribution >= 4 is 23.3 Å². The van der Waals surface area contributed by atoms with Gasteiger partial charge in [-0.15, -0.1) is 11.8 Å². The Morgan fingerprint density at radius 2 is 2.00 bits per heavy atom. The van der Waals surface area contributed by atoms with E-state index in [1.54, 1.807) is 12.3 Å². The van der Waals surface area contributed by atoms with Gasteiger partial charge in [0.2, 0.25) is 0 Å². The van der Waals surface area contributed by atoms with Gasteiger partial charge in [-0.25, -0.2) is 0 Å². The molecule has 0 N–H and O–H groups in total. The zero-order valence-corrected chi connectivity index (χ0v) is 9.30. The van der Waals surface area contributed by atoms with Gasteiger partial charge < -0.3 is 4.42 Å². The third-order valence-electron chi connectivity index (χ3n) is 2.49. The van der Waals surface area contributed by atoms with E-state index in [0.717, 1.165) is 10.7 Å². The topological polar surface area (TPSA) is 47.3 Å². The van der Waals surface area contributed by atoms with E-state index in [1.165, 1.54) is 11.8 Å². The van der Waals surface area contributed by atoms with Crippen molar-refractivity contribution in [2.75, 3.05) is 0 Å². The normalized spacial score (nSPS) is 18.5. The van der Waals surface area contributed by atoms with Crippen LogP contribution in [0.3, 0.4) is 0 Å². The van der Waals surface area contributed by atoms with Gasteiger partial charge in [-0.05, 0) is 19.4 Å². The molecule has 4 heteroatoms. The summed E-state index contributed by atoms with van der Waals surface area (Å²) in [4.78, 5) is 24.0. The van der Waals surface area contributed by atoms with Crippen molar-refractivity contribution in [3.8, 4) is 0 Å². The van der Waals surface area contributed by atoms with Crippen LogP contribution in [0.15, 0.2) is 21.6 Å². The Bertz CT molecular complexity index is 378. The van der Waals surface area contributed by atoms with Gasteiger partial charge in [-0.3, -0.25) is 9.59 Å². The van der Waals surface area contributed by atoms with Gasteiger partial charge in [0.15, 0.2) is 11.6 Å². The third kappa shape index (κ3) is 2.15. The molecule has 0 amide bonds. The Morgan fingerprint density at radius 1 is 1.33 bits per heavy atom. The van der Waals surface area contributed by atoms with E-state index in [4.69, 9.17) is 4.42 Å². The smallest absolute Gasteiger partial charge is 0.153 e. The first-order valence-electron chi connectivity index (χ1n) is 4.94. The second kappa shape index (κ2) is 4.23. The zero-order chi connectivity index (χ0) is 10.8. The fraction of sp³-hybridized carbons (Fsp3) is 0.455. The van der Waals surface area contributed by atoms with Gasteiger partial charge in [-0.2, -0.15) is 0 Å². The molecule has 1 aliphatic carbocycles. The van der Waals surface area contributed by atoms with Crippen molar-refractivity contribution < 1.29 is 14.0 Å². The summed E-state index contributed by atoms with van der Waals surface area (Å²) in [6, 6.07) is 1.80. The lowest BCUT2D eigenvalue weighted by atomic mass is 9.98. The number of furan rings is 1. The molecule has 1 aromatic rings. The third-order valence-corrected chi connectivity index (χ3v) is 3.93. The summed E-state index contributed by atoms with van der Waals surface area (Å²) in [5, 5.41) is -0.505. The van der Waals surface area contributed by atoms with Crippen LogP contribution >= 0.6 is 11.8 Å². The second-order valence-corrected chi connectivity index (χ2v) is 4.77. The van der Waals surface area contributed by atoms with Crippen molar-refractivity contribution in [2.45, 2.75) is 36.3 Å². The van der Waals surface area contributed by atoms with Crippen molar-refractivity contribution in [1.82, 2.24) is 0 Å². The molecule has 80 valence electrons. The van der Waals surface area contributed by atoms with Gasteiger partial charge >= 0.3 is 0 Å². The van der Waals surface area contributed by atoms with Gasteiger partial charge in [0.25, 0.3) is 0 Å². The molecule has 0 unspecified atom stereocenters. The predicted octanol–water partition coefficient (Wildman–Crippen LogP) is 2.37. The highest BCUT2D eigenvalue weighted by Gasteiger charge is 2.31. The molecule has 1 aliphatic rings. The first kappa shape index (κ1) is 10.5. The summed E-state index contributed by atoms with van der Waals surface area (Å²) in [6.07, 6.45) is 3.34. The minimum absolute atomic E-state index is 0.0526. The number of hydrogen-bond donors (Lipinski definition) is 0. The number of carbonyl (C=O) groups excluding carboxylic acids is 2. The van der Waals surface area contributed by atoms with Crippen LogP contribution in [0, 0.1) is 6.92 Å². The Morgan fingerprint density at radius 3 is 2.53 bits per heavy atom. The zero-order valence-electron chi connectivity index (χ0n) is 8.49. The summed E-state index contributed by atoms with van der Waals surface area (Å²) in [5.74, 6) is 0.875. The molecule has 0 aromatic carbocycles. The maximum Gasteiger partial charge on any atom is 0.153 e. The SMILES string of the molecule is Cc1occc1SC1C(=O)CCCC1=O. The molecule has 0 radical (unpaired) electrons. The number of rotatable bonds is 2. The van der Waals surface area contributed by atoms with Gasteiger partial charge in [0.1, 0.15) is 11.0 Å². The van der Waals surface area contributed by atoms with Crippen molar-refractivity contribution in [3.05, 3.63) is 18.1 Å². The van der Waals surface area contributed by atoms with Gasteiger partial charge in [0.05, 0.1) is 6.26 Å². The minimum Gasteiger partial charge on any atom is -0.468 e. The molecule has 1 aromatic heterocycles. The van der Waals surface area contributed by atoms with E-state index >= 15 is 0 Å². The molecular formula is C11H12O3S. The maximum absolute atomic E-state index is 11.6. The molecular weight excluding hydrogens is 212 g/mol. The van der Waals surface area contributed by atoms with Crippen LogP contribution in [-0.4, -0.2) is 16.8 Å². The number of hydrogen-bond acceptors (Lipinski definition) is 4. The lowest BCUT2D eigenvalue weighted by Gasteiger charge is -2.18. The van der Waals surface area contributed by atoms with Crippen LogP contribution in [0.5, 0.6) is 0 Å². The van der Waals surface area contributed by atoms with E-state index in [-0.39, 0.29) is 11.6 Å². The van der Waals surface area contributed by atoms with E-state index in [0.29, 0.717) is 19.3 Å². The number of carbonyl (C=O) groups is 2. The van der Waals surface area contributed by atoms with Crippen LogP contribution in [0.2, 0.25) is 0 Å². The second-order valence-electron chi connectivity index (χ2n) is 3.63. The Hall–Kier alpha value is -1.03. The number of ketones is 2. The number of thioether (sulfide) groups is 1. The Kier molecular flexibility index (Phi) is 2.95. The first-order valence-corrected chi connectivity index (χ1v) is 5.82. The average Bonchev–Trinajstić information content (AvgIpc) is 2.58. The fourth-order valence-electron chi connectivity index (χ4n) is 1.63. The van der Waals surface area contributed by atoms with Crippen LogP contribution in [0.25, 0.3) is 0 Å². The van der Waals surface area contributed by atoms with Gasteiger partial charge in [0, 0.05) is 17.7 Å². The molecule has 1 heterocycles. The highest BCUT2D eigenvalue weighted by atomic mass is 32.2.